The maximum Gasteiger partial charge on any atom is 0.234 e. The van der Waals surface area contributed by atoms with Gasteiger partial charge in [-0.25, -0.2) is 0 Å². The summed E-state index contributed by atoms with van der Waals surface area (Å²) in [6.07, 6.45) is 0. The standard InChI is InChI=1S/C25H24N4O2S/c1-17-11-13-20(14-12-17)29-24(21-9-4-5-10-22(21)31-3)27-28-25(29)32-16-23(30)26-19-8-6-7-18(2)15-19/h4-15H,16H2,1-3H3,(H,26,30). The monoisotopic (exact) mass is 444 g/mol. The van der Waals surface area contributed by atoms with Crippen molar-refractivity contribution in [3.63, 3.8) is 0 Å². The molecule has 0 aliphatic rings. The summed E-state index contributed by atoms with van der Waals surface area (Å²) in [4.78, 5) is 12.6. The molecule has 162 valence electrons. The van der Waals surface area contributed by atoms with Crippen LogP contribution in [0.25, 0.3) is 17.1 Å². The average molecular weight is 445 g/mol. The van der Waals surface area contributed by atoms with Gasteiger partial charge in [0.1, 0.15) is 5.75 Å². The highest BCUT2D eigenvalue weighted by Gasteiger charge is 2.19. The van der Waals surface area contributed by atoms with Crippen molar-refractivity contribution in [3.8, 4) is 22.8 Å². The van der Waals surface area contributed by atoms with Crippen LogP contribution in [0.15, 0.2) is 78.0 Å². The molecule has 0 saturated carbocycles. The van der Waals surface area contributed by atoms with E-state index in [1.807, 2.05) is 91.2 Å². The van der Waals surface area contributed by atoms with Crippen molar-refractivity contribution < 1.29 is 9.53 Å². The SMILES string of the molecule is COc1ccccc1-c1nnc(SCC(=O)Nc2cccc(C)c2)n1-c1ccc(C)cc1. The van der Waals surface area contributed by atoms with E-state index in [-0.39, 0.29) is 11.7 Å². The van der Waals surface area contributed by atoms with E-state index in [1.165, 1.54) is 11.8 Å². The van der Waals surface area contributed by atoms with Crippen molar-refractivity contribution >= 4 is 23.4 Å². The van der Waals surface area contributed by atoms with Gasteiger partial charge in [0, 0.05) is 11.4 Å². The van der Waals surface area contributed by atoms with Gasteiger partial charge in [-0.1, -0.05) is 53.7 Å². The molecule has 0 bridgehead atoms. The van der Waals surface area contributed by atoms with Crippen molar-refractivity contribution in [1.29, 1.82) is 0 Å². The second kappa shape index (κ2) is 9.70. The Labute approximate surface area is 191 Å². The van der Waals surface area contributed by atoms with E-state index in [4.69, 9.17) is 4.74 Å². The molecule has 32 heavy (non-hydrogen) atoms. The van der Waals surface area contributed by atoms with Gasteiger partial charge >= 0.3 is 0 Å². The first-order chi connectivity index (χ1) is 15.5. The average Bonchev–Trinajstić information content (AvgIpc) is 3.22. The molecule has 1 N–H and O–H groups in total. The van der Waals surface area contributed by atoms with Gasteiger partial charge in [0.25, 0.3) is 0 Å². The molecule has 6 nitrogen and oxygen atoms in total. The van der Waals surface area contributed by atoms with Gasteiger partial charge in [-0.2, -0.15) is 0 Å². The molecule has 0 aliphatic heterocycles. The number of hydrogen-bond acceptors (Lipinski definition) is 5. The number of benzene rings is 3. The molecule has 1 heterocycles. The lowest BCUT2D eigenvalue weighted by Gasteiger charge is -2.13. The highest BCUT2D eigenvalue weighted by Crippen LogP contribution is 2.33. The number of nitrogens with zero attached hydrogens (tertiary/aromatic N) is 3. The highest BCUT2D eigenvalue weighted by molar-refractivity contribution is 7.99. The minimum absolute atomic E-state index is 0.0992. The summed E-state index contributed by atoms with van der Waals surface area (Å²) in [6, 6.07) is 23.6. The molecule has 4 aromatic rings. The van der Waals surface area contributed by atoms with Crippen molar-refractivity contribution in [2.24, 2.45) is 0 Å². The molecule has 4 rings (SSSR count). The minimum Gasteiger partial charge on any atom is -0.496 e. The summed E-state index contributed by atoms with van der Waals surface area (Å²) in [6.45, 7) is 4.04. The number of anilines is 1. The summed E-state index contributed by atoms with van der Waals surface area (Å²) < 4.78 is 7.50. The molecule has 0 saturated heterocycles. The number of para-hydroxylation sites is 1. The molecule has 0 aliphatic carbocycles. The maximum absolute atomic E-state index is 12.6. The van der Waals surface area contributed by atoms with Crippen LogP contribution in [-0.2, 0) is 4.79 Å². The first kappa shape index (κ1) is 21.6. The van der Waals surface area contributed by atoms with Crippen molar-refractivity contribution in [1.82, 2.24) is 14.8 Å². The number of ether oxygens (including phenoxy) is 1. The predicted molar refractivity (Wildman–Crippen MR) is 129 cm³/mol. The largest absolute Gasteiger partial charge is 0.496 e. The van der Waals surface area contributed by atoms with Gasteiger partial charge in [-0.3, -0.25) is 9.36 Å². The van der Waals surface area contributed by atoms with E-state index in [9.17, 15) is 4.79 Å². The molecule has 0 unspecified atom stereocenters. The number of thioether (sulfide) groups is 1. The van der Waals surface area contributed by atoms with Crippen LogP contribution in [0.3, 0.4) is 0 Å². The molecular weight excluding hydrogens is 420 g/mol. The molecule has 7 heteroatoms. The summed E-state index contributed by atoms with van der Waals surface area (Å²) in [5.74, 6) is 1.48. The zero-order chi connectivity index (χ0) is 22.5. The lowest BCUT2D eigenvalue weighted by atomic mass is 10.1. The van der Waals surface area contributed by atoms with E-state index in [2.05, 4.69) is 15.5 Å². The van der Waals surface area contributed by atoms with Crippen LogP contribution < -0.4 is 10.1 Å². The van der Waals surface area contributed by atoms with Gasteiger partial charge in [-0.15, -0.1) is 10.2 Å². The fraction of sp³-hybridized carbons (Fsp3) is 0.160. The van der Waals surface area contributed by atoms with E-state index in [0.29, 0.717) is 16.7 Å². The topological polar surface area (TPSA) is 69.0 Å². The first-order valence-corrected chi connectivity index (χ1v) is 11.2. The Morgan fingerprint density at radius 3 is 2.50 bits per heavy atom. The van der Waals surface area contributed by atoms with Crippen LogP contribution in [0.5, 0.6) is 5.75 Å². The maximum atomic E-state index is 12.6. The van der Waals surface area contributed by atoms with Gasteiger partial charge in [-0.05, 0) is 55.8 Å². The second-order valence-corrected chi connectivity index (χ2v) is 8.33. The number of aryl methyl sites for hydroxylation is 2. The van der Waals surface area contributed by atoms with Gasteiger partial charge in [0.2, 0.25) is 5.91 Å². The van der Waals surface area contributed by atoms with E-state index < -0.39 is 0 Å². The summed E-state index contributed by atoms with van der Waals surface area (Å²) in [5, 5.41) is 12.4. The van der Waals surface area contributed by atoms with E-state index in [1.54, 1.807) is 7.11 Å². The van der Waals surface area contributed by atoms with E-state index in [0.717, 1.165) is 28.1 Å². The van der Waals surface area contributed by atoms with Crippen LogP contribution >= 0.6 is 11.8 Å². The molecule has 0 spiro atoms. The predicted octanol–water partition coefficient (Wildman–Crippen LogP) is 5.29. The summed E-state index contributed by atoms with van der Waals surface area (Å²) in [5.41, 5.74) is 4.79. The zero-order valence-corrected chi connectivity index (χ0v) is 19.0. The smallest absolute Gasteiger partial charge is 0.234 e. The zero-order valence-electron chi connectivity index (χ0n) is 18.2. The number of nitrogens with one attached hydrogen (secondary N) is 1. The number of carbonyl (C=O) groups is 1. The number of hydrogen-bond donors (Lipinski definition) is 1. The Morgan fingerprint density at radius 2 is 1.75 bits per heavy atom. The molecule has 1 aromatic heterocycles. The Balaban J connectivity index is 1.64. The lowest BCUT2D eigenvalue weighted by Crippen LogP contribution is -2.14. The third-order valence-electron chi connectivity index (χ3n) is 4.91. The molecule has 0 atom stereocenters. The normalized spacial score (nSPS) is 10.7. The van der Waals surface area contributed by atoms with Gasteiger partial charge < -0.3 is 10.1 Å². The molecular formula is C25H24N4O2S. The number of aromatic nitrogens is 3. The molecule has 0 fully saturated rings. The van der Waals surface area contributed by atoms with E-state index >= 15 is 0 Å². The van der Waals surface area contributed by atoms with Crippen LogP contribution in [0.2, 0.25) is 0 Å². The molecule has 0 radical (unpaired) electrons. The van der Waals surface area contributed by atoms with Crippen LogP contribution in [0.1, 0.15) is 11.1 Å². The lowest BCUT2D eigenvalue weighted by molar-refractivity contribution is -0.113. The molecule has 3 aromatic carbocycles. The number of methoxy groups -OCH3 is 1. The Kier molecular flexibility index (Phi) is 6.56. The summed E-state index contributed by atoms with van der Waals surface area (Å²) >= 11 is 1.34. The first-order valence-electron chi connectivity index (χ1n) is 10.2. The fourth-order valence-corrected chi connectivity index (χ4v) is 4.10. The Bertz CT molecular complexity index is 1230. The molecule has 1 amide bonds. The van der Waals surface area contributed by atoms with Gasteiger partial charge in [0.15, 0.2) is 11.0 Å². The third kappa shape index (κ3) is 4.84. The summed E-state index contributed by atoms with van der Waals surface area (Å²) in [7, 11) is 1.64. The van der Waals surface area contributed by atoms with Crippen molar-refractivity contribution in [2.45, 2.75) is 19.0 Å². The minimum atomic E-state index is -0.0992. The quantitative estimate of drug-likeness (QED) is 0.392. The van der Waals surface area contributed by atoms with Crippen molar-refractivity contribution in [2.75, 3.05) is 18.2 Å². The van der Waals surface area contributed by atoms with Crippen LogP contribution in [-0.4, -0.2) is 33.5 Å². The highest BCUT2D eigenvalue weighted by atomic mass is 32.2. The van der Waals surface area contributed by atoms with Crippen LogP contribution in [0, 0.1) is 13.8 Å². The fourth-order valence-electron chi connectivity index (χ4n) is 3.34. The Hall–Kier alpha value is -3.58. The van der Waals surface area contributed by atoms with Crippen molar-refractivity contribution in [3.05, 3.63) is 83.9 Å². The Morgan fingerprint density at radius 1 is 0.969 bits per heavy atom. The number of amides is 1. The number of carbonyl (C=O) groups excluding carboxylic acids is 1. The van der Waals surface area contributed by atoms with Crippen LogP contribution in [0.4, 0.5) is 5.69 Å². The second-order valence-electron chi connectivity index (χ2n) is 7.38. The van der Waals surface area contributed by atoms with Gasteiger partial charge in [0.05, 0.1) is 18.4 Å². The third-order valence-corrected chi connectivity index (χ3v) is 5.84. The number of rotatable bonds is 7.